The molecular weight excluding hydrogens is 297 g/mol. The summed E-state index contributed by atoms with van der Waals surface area (Å²) in [4.78, 5) is 12.2. The number of ether oxygens (including phenoxy) is 1. The molecule has 2 aromatic rings. The Morgan fingerprint density at radius 2 is 2.30 bits per heavy atom. The number of aryl methyl sites for hydroxylation is 1. The Morgan fingerprint density at radius 3 is 3.00 bits per heavy atom. The van der Waals surface area contributed by atoms with E-state index in [4.69, 9.17) is 4.74 Å². The van der Waals surface area contributed by atoms with Gasteiger partial charge in [0.2, 0.25) is 0 Å². The van der Waals surface area contributed by atoms with E-state index in [1.165, 1.54) is 12.1 Å². The van der Waals surface area contributed by atoms with Gasteiger partial charge in [-0.1, -0.05) is 12.1 Å². The fourth-order valence-electron chi connectivity index (χ4n) is 2.83. The molecule has 0 radical (unpaired) electrons. The summed E-state index contributed by atoms with van der Waals surface area (Å²) in [6, 6.07) is 6.43. The number of carbonyl (C=O) groups excluding carboxylic acids is 1. The second-order valence-corrected chi connectivity index (χ2v) is 5.82. The first-order valence-electron chi connectivity index (χ1n) is 7.75. The Morgan fingerprint density at radius 1 is 1.48 bits per heavy atom. The zero-order chi connectivity index (χ0) is 16.4. The number of benzene rings is 1. The van der Waals surface area contributed by atoms with E-state index in [2.05, 4.69) is 10.4 Å². The lowest BCUT2D eigenvalue weighted by atomic mass is 10.2. The molecule has 1 amide bonds. The molecule has 1 aromatic carbocycles. The molecule has 3 rings (SSSR count). The maximum absolute atomic E-state index is 13.3. The molecule has 0 bridgehead atoms. The van der Waals surface area contributed by atoms with Crippen molar-refractivity contribution in [2.75, 3.05) is 11.9 Å². The third-order valence-corrected chi connectivity index (χ3v) is 4.07. The maximum Gasteiger partial charge on any atom is 0.253 e. The third kappa shape index (κ3) is 3.42. The summed E-state index contributed by atoms with van der Waals surface area (Å²) in [6.07, 6.45) is 1.29. The minimum Gasteiger partial charge on any atom is -0.368 e. The molecule has 0 aliphatic carbocycles. The number of nitrogens with zero attached hydrogens (tertiary/aromatic N) is 2. The first-order valence-corrected chi connectivity index (χ1v) is 7.75. The van der Waals surface area contributed by atoms with Crippen molar-refractivity contribution in [2.45, 2.75) is 39.3 Å². The second kappa shape index (κ2) is 6.50. The number of rotatable bonds is 4. The summed E-state index contributed by atoms with van der Waals surface area (Å²) < 4.78 is 20.5. The predicted octanol–water partition coefficient (Wildman–Crippen LogP) is 2.80. The Bertz CT molecular complexity index is 721. The summed E-state index contributed by atoms with van der Waals surface area (Å²) >= 11 is 0. The fourth-order valence-corrected chi connectivity index (χ4v) is 2.83. The highest BCUT2D eigenvalue weighted by Crippen LogP contribution is 2.22. The smallest absolute Gasteiger partial charge is 0.253 e. The zero-order valence-corrected chi connectivity index (χ0v) is 13.3. The standard InChI is InChI=1S/C17H20FN3O2/c1-11-16(19-17(22)15-7-4-8-23-15)12(2)21(20-11)10-13-5-3-6-14(18)9-13/h3,5-6,9,15H,4,7-8,10H2,1-2H3,(H,19,22). The van der Waals surface area contributed by atoms with Crippen molar-refractivity contribution < 1.29 is 13.9 Å². The zero-order valence-electron chi connectivity index (χ0n) is 13.3. The highest BCUT2D eigenvalue weighted by molar-refractivity contribution is 5.95. The van der Waals surface area contributed by atoms with Crippen molar-refractivity contribution in [3.8, 4) is 0 Å². The lowest BCUT2D eigenvalue weighted by Crippen LogP contribution is -2.27. The highest BCUT2D eigenvalue weighted by Gasteiger charge is 2.25. The van der Waals surface area contributed by atoms with Gasteiger partial charge < -0.3 is 10.1 Å². The molecule has 1 unspecified atom stereocenters. The molecule has 122 valence electrons. The van der Waals surface area contributed by atoms with Crippen molar-refractivity contribution >= 4 is 11.6 Å². The molecule has 5 nitrogen and oxygen atoms in total. The van der Waals surface area contributed by atoms with Crippen LogP contribution in [0, 0.1) is 19.7 Å². The normalized spacial score (nSPS) is 17.4. The van der Waals surface area contributed by atoms with Crippen LogP contribution in [0.1, 0.15) is 29.8 Å². The topological polar surface area (TPSA) is 56.2 Å². The van der Waals surface area contributed by atoms with Crippen LogP contribution in [0.3, 0.4) is 0 Å². The van der Waals surface area contributed by atoms with E-state index in [1.54, 1.807) is 10.7 Å². The van der Waals surface area contributed by atoms with Crippen molar-refractivity contribution in [1.29, 1.82) is 0 Å². The second-order valence-electron chi connectivity index (χ2n) is 5.82. The average molecular weight is 317 g/mol. The minimum absolute atomic E-state index is 0.126. The molecule has 1 aromatic heterocycles. The summed E-state index contributed by atoms with van der Waals surface area (Å²) in [5, 5.41) is 7.37. The Kier molecular flexibility index (Phi) is 4.43. The van der Waals surface area contributed by atoms with Crippen LogP contribution in [-0.4, -0.2) is 28.4 Å². The molecule has 1 saturated heterocycles. The predicted molar refractivity (Wildman–Crippen MR) is 84.8 cm³/mol. The van der Waals surface area contributed by atoms with Gasteiger partial charge >= 0.3 is 0 Å². The average Bonchev–Trinajstić information content (AvgIpc) is 3.12. The van der Waals surface area contributed by atoms with Gasteiger partial charge in [0.05, 0.1) is 23.6 Å². The van der Waals surface area contributed by atoms with E-state index in [9.17, 15) is 9.18 Å². The van der Waals surface area contributed by atoms with Gasteiger partial charge in [-0.05, 0) is 44.4 Å². The first-order chi connectivity index (χ1) is 11.0. The van der Waals surface area contributed by atoms with Gasteiger partial charge in [0.25, 0.3) is 5.91 Å². The van der Waals surface area contributed by atoms with Crippen LogP contribution in [0.25, 0.3) is 0 Å². The van der Waals surface area contributed by atoms with Gasteiger partial charge in [0.1, 0.15) is 11.9 Å². The van der Waals surface area contributed by atoms with Crippen molar-refractivity contribution in [3.05, 3.63) is 47.0 Å². The van der Waals surface area contributed by atoms with Gasteiger partial charge in [-0.2, -0.15) is 5.10 Å². The molecule has 6 heteroatoms. The lowest BCUT2D eigenvalue weighted by Gasteiger charge is -2.11. The molecule has 1 fully saturated rings. The fraction of sp³-hybridized carbons (Fsp3) is 0.412. The van der Waals surface area contributed by atoms with E-state index in [0.717, 1.165) is 29.8 Å². The molecule has 1 aliphatic rings. The minimum atomic E-state index is -0.375. The molecule has 1 N–H and O–H groups in total. The van der Waals surface area contributed by atoms with Gasteiger partial charge in [-0.3, -0.25) is 9.48 Å². The van der Waals surface area contributed by atoms with E-state index in [-0.39, 0.29) is 17.8 Å². The van der Waals surface area contributed by atoms with Crippen LogP contribution < -0.4 is 5.32 Å². The van der Waals surface area contributed by atoms with Crippen LogP contribution in [0.15, 0.2) is 24.3 Å². The quantitative estimate of drug-likeness (QED) is 0.943. The van der Waals surface area contributed by atoms with Crippen LogP contribution in [0.4, 0.5) is 10.1 Å². The number of hydrogen-bond donors (Lipinski definition) is 1. The van der Waals surface area contributed by atoms with Crippen LogP contribution in [-0.2, 0) is 16.1 Å². The van der Waals surface area contributed by atoms with E-state index in [0.29, 0.717) is 18.8 Å². The number of nitrogens with one attached hydrogen (secondary N) is 1. The maximum atomic E-state index is 13.3. The lowest BCUT2D eigenvalue weighted by molar-refractivity contribution is -0.124. The van der Waals surface area contributed by atoms with Crippen molar-refractivity contribution in [3.63, 3.8) is 0 Å². The number of hydrogen-bond acceptors (Lipinski definition) is 3. The van der Waals surface area contributed by atoms with E-state index < -0.39 is 0 Å². The first kappa shape index (κ1) is 15.7. The molecular formula is C17H20FN3O2. The Balaban J connectivity index is 1.77. The van der Waals surface area contributed by atoms with E-state index in [1.807, 2.05) is 19.9 Å². The molecule has 1 atom stereocenters. The van der Waals surface area contributed by atoms with Crippen molar-refractivity contribution in [2.24, 2.45) is 0 Å². The van der Waals surface area contributed by atoms with Crippen LogP contribution in [0.2, 0.25) is 0 Å². The molecule has 1 aliphatic heterocycles. The van der Waals surface area contributed by atoms with E-state index >= 15 is 0 Å². The molecule has 23 heavy (non-hydrogen) atoms. The number of aromatic nitrogens is 2. The number of anilines is 1. The number of amides is 1. The SMILES string of the molecule is Cc1nn(Cc2cccc(F)c2)c(C)c1NC(=O)C1CCCO1. The Hall–Kier alpha value is -2.21. The third-order valence-electron chi connectivity index (χ3n) is 4.07. The molecule has 0 saturated carbocycles. The monoisotopic (exact) mass is 317 g/mol. The summed E-state index contributed by atoms with van der Waals surface area (Å²) in [5.41, 5.74) is 3.12. The van der Waals surface area contributed by atoms with Gasteiger partial charge in [-0.25, -0.2) is 4.39 Å². The molecule has 2 heterocycles. The highest BCUT2D eigenvalue weighted by atomic mass is 19.1. The van der Waals surface area contributed by atoms with Gasteiger partial charge in [0.15, 0.2) is 0 Å². The summed E-state index contributed by atoms with van der Waals surface area (Å²) in [6.45, 7) is 4.83. The molecule has 0 spiro atoms. The van der Waals surface area contributed by atoms with Gasteiger partial charge in [-0.15, -0.1) is 0 Å². The summed E-state index contributed by atoms with van der Waals surface area (Å²) in [7, 11) is 0. The number of halogens is 1. The number of carbonyl (C=O) groups is 1. The van der Waals surface area contributed by atoms with Crippen LogP contribution in [0.5, 0.6) is 0 Å². The van der Waals surface area contributed by atoms with Crippen molar-refractivity contribution in [1.82, 2.24) is 9.78 Å². The van der Waals surface area contributed by atoms with Gasteiger partial charge in [0, 0.05) is 6.61 Å². The van der Waals surface area contributed by atoms with Crippen LogP contribution >= 0.6 is 0 Å². The Labute approximate surface area is 134 Å². The summed E-state index contributed by atoms with van der Waals surface area (Å²) in [5.74, 6) is -0.394. The largest absolute Gasteiger partial charge is 0.368 e.